The number of nitrogens with one attached hydrogen (secondary N) is 1. The van der Waals surface area contributed by atoms with Crippen molar-refractivity contribution in [3.8, 4) is 0 Å². The predicted octanol–water partition coefficient (Wildman–Crippen LogP) is 2.74. The molecule has 3 heteroatoms. The van der Waals surface area contributed by atoms with E-state index in [1.165, 1.54) is 12.0 Å². The van der Waals surface area contributed by atoms with Crippen LogP contribution in [0, 0.1) is 0 Å². The molecule has 0 aromatic carbocycles. The molecule has 0 fully saturated rings. The van der Waals surface area contributed by atoms with Gasteiger partial charge in [0.25, 0.3) is 0 Å². The number of pyridine rings is 1. The Labute approximate surface area is 98.9 Å². The van der Waals surface area contributed by atoms with Gasteiger partial charge in [-0.3, -0.25) is 4.90 Å². The second-order valence-electron chi connectivity index (χ2n) is 4.21. The number of anilines is 1. The van der Waals surface area contributed by atoms with Crippen molar-refractivity contribution in [2.75, 3.05) is 18.9 Å². The van der Waals surface area contributed by atoms with E-state index in [2.05, 4.69) is 49.1 Å². The summed E-state index contributed by atoms with van der Waals surface area (Å²) < 4.78 is 0. The van der Waals surface area contributed by atoms with Crippen LogP contribution in [0.2, 0.25) is 0 Å². The van der Waals surface area contributed by atoms with E-state index in [-0.39, 0.29) is 0 Å². The summed E-state index contributed by atoms with van der Waals surface area (Å²) in [5.41, 5.74) is 1.27. The van der Waals surface area contributed by atoms with Crippen LogP contribution in [-0.2, 0) is 6.54 Å². The molecule has 0 spiro atoms. The molecule has 1 heterocycles. The molecule has 1 rings (SSSR count). The van der Waals surface area contributed by atoms with Crippen molar-refractivity contribution in [3.05, 3.63) is 23.9 Å². The lowest BCUT2D eigenvalue weighted by Gasteiger charge is -2.24. The van der Waals surface area contributed by atoms with E-state index < -0.39 is 0 Å². The van der Waals surface area contributed by atoms with Crippen molar-refractivity contribution in [1.29, 1.82) is 0 Å². The first-order valence-electron chi connectivity index (χ1n) is 6.07. The maximum Gasteiger partial charge on any atom is 0.130 e. The molecule has 1 aromatic rings. The van der Waals surface area contributed by atoms with Gasteiger partial charge in [-0.05, 0) is 33.4 Å². The van der Waals surface area contributed by atoms with E-state index in [1.54, 1.807) is 0 Å². The van der Waals surface area contributed by atoms with Crippen LogP contribution in [0.5, 0.6) is 0 Å². The topological polar surface area (TPSA) is 28.2 Å². The molecule has 0 aliphatic carbocycles. The first kappa shape index (κ1) is 13.0. The molecule has 0 aliphatic rings. The summed E-state index contributed by atoms with van der Waals surface area (Å²) in [5.74, 6) is 1.01. The van der Waals surface area contributed by atoms with Crippen LogP contribution in [0.15, 0.2) is 18.3 Å². The summed E-state index contributed by atoms with van der Waals surface area (Å²) in [6.07, 6.45) is 3.01. The zero-order valence-corrected chi connectivity index (χ0v) is 10.8. The highest BCUT2D eigenvalue weighted by Gasteiger charge is 2.10. The number of rotatable bonds is 6. The van der Waals surface area contributed by atoms with Crippen molar-refractivity contribution in [2.45, 2.75) is 39.8 Å². The Morgan fingerprint density at radius 2 is 2.19 bits per heavy atom. The quantitative estimate of drug-likeness (QED) is 0.800. The summed E-state index contributed by atoms with van der Waals surface area (Å²) in [4.78, 5) is 6.73. The van der Waals surface area contributed by atoms with Gasteiger partial charge in [0, 0.05) is 30.9 Å². The minimum absolute atomic E-state index is 0.606. The van der Waals surface area contributed by atoms with E-state index in [0.29, 0.717) is 6.04 Å². The molecule has 0 amide bonds. The van der Waals surface area contributed by atoms with Crippen LogP contribution in [0.4, 0.5) is 5.82 Å². The summed E-state index contributed by atoms with van der Waals surface area (Å²) in [6.45, 7) is 8.43. The Balaban J connectivity index is 2.71. The van der Waals surface area contributed by atoms with E-state index in [9.17, 15) is 0 Å². The molecule has 3 nitrogen and oxygen atoms in total. The van der Waals surface area contributed by atoms with Crippen molar-refractivity contribution in [2.24, 2.45) is 0 Å². The largest absolute Gasteiger partial charge is 0.370 e. The van der Waals surface area contributed by atoms with Gasteiger partial charge in [0.05, 0.1) is 0 Å². The molecular weight excluding hydrogens is 198 g/mol. The van der Waals surface area contributed by atoms with Gasteiger partial charge in [-0.25, -0.2) is 4.98 Å². The normalized spacial score (nSPS) is 12.8. The van der Waals surface area contributed by atoms with Crippen LogP contribution in [0.3, 0.4) is 0 Å². The third-order valence-corrected chi connectivity index (χ3v) is 3.00. The van der Waals surface area contributed by atoms with Gasteiger partial charge in [-0.1, -0.05) is 13.0 Å². The third kappa shape index (κ3) is 3.49. The smallest absolute Gasteiger partial charge is 0.130 e. The van der Waals surface area contributed by atoms with Crippen LogP contribution in [-0.4, -0.2) is 29.5 Å². The molecule has 0 bridgehead atoms. The second kappa shape index (κ2) is 6.48. The molecule has 0 saturated heterocycles. The maximum absolute atomic E-state index is 4.37. The lowest BCUT2D eigenvalue weighted by Crippen LogP contribution is -2.28. The van der Waals surface area contributed by atoms with Crippen LogP contribution >= 0.6 is 0 Å². The van der Waals surface area contributed by atoms with Crippen LogP contribution < -0.4 is 5.32 Å². The lowest BCUT2D eigenvalue weighted by atomic mass is 10.2. The number of nitrogens with zero attached hydrogens (tertiary/aromatic N) is 2. The van der Waals surface area contributed by atoms with Crippen LogP contribution in [0.25, 0.3) is 0 Å². The minimum Gasteiger partial charge on any atom is -0.370 e. The third-order valence-electron chi connectivity index (χ3n) is 3.00. The summed E-state index contributed by atoms with van der Waals surface area (Å²) in [7, 11) is 2.16. The van der Waals surface area contributed by atoms with Crippen molar-refractivity contribution in [3.63, 3.8) is 0 Å². The average Bonchev–Trinajstić information content (AvgIpc) is 2.31. The first-order chi connectivity index (χ1) is 7.69. The molecule has 0 aliphatic heterocycles. The Hall–Kier alpha value is -1.09. The number of aromatic nitrogens is 1. The highest BCUT2D eigenvalue weighted by molar-refractivity contribution is 5.43. The first-order valence-corrected chi connectivity index (χ1v) is 6.07. The van der Waals surface area contributed by atoms with Gasteiger partial charge >= 0.3 is 0 Å². The van der Waals surface area contributed by atoms with Crippen LogP contribution in [0.1, 0.15) is 32.8 Å². The number of hydrogen-bond donors (Lipinski definition) is 1. The lowest BCUT2D eigenvalue weighted by molar-refractivity contribution is 0.244. The SMILES string of the molecule is CCNc1ncccc1CN(C)C(C)CC. The average molecular weight is 221 g/mol. The zero-order valence-electron chi connectivity index (χ0n) is 10.8. The summed E-state index contributed by atoms with van der Waals surface area (Å²) in [6, 6.07) is 4.75. The van der Waals surface area contributed by atoms with Gasteiger partial charge in [0.15, 0.2) is 0 Å². The van der Waals surface area contributed by atoms with Gasteiger partial charge in [-0.2, -0.15) is 0 Å². The van der Waals surface area contributed by atoms with Gasteiger partial charge in [0.2, 0.25) is 0 Å². The molecule has 1 atom stereocenters. The molecule has 1 unspecified atom stereocenters. The van der Waals surface area contributed by atoms with Crippen molar-refractivity contribution in [1.82, 2.24) is 9.88 Å². The van der Waals surface area contributed by atoms with Gasteiger partial charge in [-0.15, -0.1) is 0 Å². The van der Waals surface area contributed by atoms with Crippen molar-refractivity contribution >= 4 is 5.82 Å². The fourth-order valence-electron chi connectivity index (χ4n) is 1.63. The zero-order chi connectivity index (χ0) is 12.0. The van der Waals surface area contributed by atoms with E-state index in [0.717, 1.165) is 18.9 Å². The van der Waals surface area contributed by atoms with Gasteiger partial charge in [0.1, 0.15) is 5.82 Å². The minimum atomic E-state index is 0.606. The second-order valence-corrected chi connectivity index (χ2v) is 4.21. The molecule has 1 aromatic heterocycles. The Bertz CT molecular complexity index is 312. The van der Waals surface area contributed by atoms with E-state index in [1.807, 2.05) is 12.3 Å². The summed E-state index contributed by atoms with van der Waals surface area (Å²) in [5, 5.41) is 3.30. The molecular formula is C13H23N3. The highest BCUT2D eigenvalue weighted by atomic mass is 15.1. The fourth-order valence-corrected chi connectivity index (χ4v) is 1.63. The molecule has 16 heavy (non-hydrogen) atoms. The molecule has 0 radical (unpaired) electrons. The summed E-state index contributed by atoms with van der Waals surface area (Å²) >= 11 is 0. The highest BCUT2D eigenvalue weighted by Crippen LogP contribution is 2.15. The Kier molecular flexibility index (Phi) is 5.26. The maximum atomic E-state index is 4.37. The Morgan fingerprint density at radius 3 is 2.81 bits per heavy atom. The number of hydrogen-bond acceptors (Lipinski definition) is 3. The fraction of sp³-hybridized carbons (Fsp3) is 0.615. The molecule has 0 saturated carbocycles. The monoisotopic (exact) mass is 221 g/mol. The molecule has 90 valence electrons. The predicted molar refractivity (Wildman–Crippen MR) is 69.6 cm³/mol. The Morgan fingerprint density at radius 1 is 1.44 bits per heavy atom. The van der Waals surface area contributed by atoms with E-state index in [4.69, 9.17) is 0 Å². The van der Waals surface area contributed by atoms with E-state index >= 15 is 0 Å². The molecule has 1 N–H and O–H groups in total. The standard InChI is InChI=1S/C13H23N3/c1-5-11(3)16(4)10-12-8-7-9-15-13(12)14-6-2/h7-9,11H,5-6,10H2,1-4H3,(H,14,15). The van der Waals surface area contributed by atoms with Gasteiger partial charge < -0.3 is 5.32 Å². The van der Waals surface area contributed by atoms with Crippen molar-refractivity contribution < 1.29 is 0 Å².